The second-order valence-corrected chi connectivity index (χ2v) is 11.0. The number of likely N-dealkylation sites (tertiary alicyclic amines) is 1. The van der Waals surface area contributed by atoms with Crippen LogP contribution in [0.4, 0.5) is 0 Å². The molecule has 1 aliphatic heterocycles. The molecule has 6 atom stereocenters. The van der Waals surface area contributed by atoms with Crippen LogP contribution >= 0.6 is 0 Å². The Labute approximate surface area is 268 Å². The molecule has 12 N–H and O–H groups in total. The summed E-state index contributed by atoms with van der Waals surface area (Å²) >= 11 is 0. The van der Waals surface area contributed by atoms with E-state index >= 15 is 0 Å². The normalized spacial score (nSPS) is 17.3. The molecule has 20 heteroatoms. The molecular formula is C27H43N7O13. The van der Waals surface area contributed by atoms with Crippen molar-refractivity contribution in [2.75, 3.05) is 13.1 Å². The van der Waals surface area contributed by atoms with Gasteiger partial charge in [0.15, 0.2) is 0 Å². The van der Waals surface area contributed by atoms with Gasteiger partial charge in [0.2, 0.25) is 29.5 Å². The van der Waals surface area contributed by atoms with Gasteiger partial charge in [-0.3, -0.25) is 38.4 Å². The highest BCUT2D eigenvalue weighted by atomic mass is 16.4. The number of carbonyl (C=O) groups is 9. The smallest absolute Gasteiger partial charge is 0.326 e. The summed E-state index contributed by atoms with van der Waals surface area (Å²) in [4.78, 5) is 111. The molecular weight excluding hydrogens is 630 g/mol. The van der Waals surface area contributed by atoms with E-state index < -0.39 is 115 Å². The van der Waals surface area contributed by atoms with Crippen LogP contribution in [0, 0.1) is 0 Å². The molecule has 1 heterocycles. The summed E-state index contributed by atoms with van der Waals surface area (Å²) in [5.74, 6) is -10.2. The number of hydrogen-bond donors (Lipinski definition) is 10. The minimum atomic E-state index is -1.75. The summed E-state index contributed by atoms with van der Waals surface area (Å²) in [6, 6.07) is -8.48. The van der Waals surface area contributed by atoms with Crippen LogP contribution in [0.2, 0.25) is 0 Å². The molecule has 1 saturated heterocycles. The maximum Gasteiger partial charge on any atom is 0.326 e. The van der Waals surface area contributed by atoms with Gasteiger partial charge >= 0.3 is 23.9 Å². The third-order valence-electron chi connectivity index (χ3n) is 7.16. The third-order valence-corrected chi connectivity index (χ3v) is 7.16. The summed E-state index contributed by atoms with van der Waals surface area (Å²) in [6.07, 6.45) is -1.26. The highest BCUT2D eigenvalue weighted by Gasteiger charge is 2.39. The Hall–Kier alpha value is -4.85. The first-order valence-electron chi connectivity index (χ1n) is 14.8. The van der Waals surface area contributed by atoms with Gasteiger partial charge in [0.25, 0.3) is 0 Å². The highest BCUT2D eigenvalue weighted by Crippen LogP contribution is 2.20. The van der Waals surface area contributed by atoms with Gasteiger partial charge in [0.1, 0.15) is 30.2 Å². The fraction of sp³-hybridized carbons (Fsp3) is 0.667. The van der Waals surface area contributed by atoms with Crippen molar-refractivity contribution >= 4 is 53.4 Å². The Balaban J connectivity index is 3.11. The molecule has 0 aliphatic carbocycles. The number of aliphatic carboxylic acids is 4. The molecule has 0 radical (unpaired) electrons. The molecule has 0 aromatic carbocycles. The zero-order valence-electron chi connectivity index (χ0n) is 25.8. The second kappa shape index (κ2) is 19.6. The average molecular weight is 674 g/mol. The molecule has 20 nitrogen and oxygen atoms in total. The zero-order valence-corrected chi connectivity index (χ0v) is 25.8. The molecule has 47 heavy (non-hydrogen) atoms. The number of nitrogens with zero attached hydrogens (tertiary/aromatic N) is 1. The number of carboxylic acids is 4. The average Bonchev–Trinajstić information content (AvgIpc) is 3.47. The standard InChI is InChI=1S/C27H43N7O13/c1-13(22(41)33-17(27(46)47)12-21(39)40)30-25(44)18-6-4-10-34(18)26(45)16(5-2-3-9-28)32-24(43)15(7-8-19(35)36)31-23(42)14(29)11-20(37)38/h13-18H,2-12,28-29H2,1H3,(H,30,44)(H,31,42)(H,32,43)(H,33,41)(H,35,36)(H,37,38)(H,39,40)(H,46,47)/t13-,14-,15-,16-,17-,18-/m0/s1. The van der Waals surface area contributed by atoms with E-state index in [1.165, 1.54) is 11.8 Å². The predicted octanol–water partition coefficient (Wildman–Crippen LogP) is -3.71. The minimum absolute atomic E-state index is 0.0453. The first-order chi connectivity index (χ1) is 22.0. The van der Waals surface area contributed by atoms with Crippen LogP contribution in [0.1, 0.15) is 64.7 Å². The summed E-state index contributed by atoms with van der Waals surface area (Å²) in [7, 11) is 0. The Morgan fingerprint density at radius 3 is 1.89 bits per heavy atom. The largest absolute Gasteiger partial charge is 0.481 e. The maximum absolute atomic E-state index is 13.7. The van der Waals surface area contributed by atoms with E-state index in [-0.39, 0.29) is 25.9 Å². The fourth-order valence-corrected chi connectivity index (χ4v) is 4.67. The van der Waals surface area contributed by atoms with Crippen LogP contribution < -0.4 is 32.7 Å². The summed E-state index contributed by atoms with van der Waals surface area (Å²) in [5, 5.41) is 45.2. The number of nitrogens with two attached hydrogens (primary N) is 2. The van der Waals surface area contributed by atoms with Gasteiger partial charge in [-0.1, -0.05) is 0 Å². The van der Waals surface area contributed by atoms with Crippen molar-refractivity contribution in [2.45, 2.75) is 101 Å². The summed E-state index contributed by atoms with van der Waals surface area (Å²) in [5.41, 5.74) is 11.1. The van der Waals surface area contributed by atoms with Crippen molar-refractivity contribution in [1.82, 2.24) is 26.2 Å². The van der Waals surface area contributed by atoms with Crippen LogP contribution in [0.5, 0.6) is 0 Å². The number of nitrogens with one attached hydrogen (secondary N) is 4. The minimum Gasteiger partial charge on any atom is -0.481 e. The molecule has 0 unspecified atom stereocenters. The number of hydrogen-bond acceptors (Lipinski definition) is 11. The Bertz CT molecular complexity index is 1200. The molecule has 0 spiro atoms. The lowest BCUT2D eigenvalue weighted by Gasteiger charge is -2.30. The van der Waals surface area contributed by atoms with Gasteiger partial charge < -0.3 is 58.1 Å². The molecule has 0 aromatic heterocycles. The van der Waals surface area contributed by atoms with E-state index in [4.69, 9.17) is 31.9 Å². The van der Waals surface area contributed by atoms with Crippen LogP contribution in [0.25, 0.3) is 0 Å². The van der Waals surface area contributed by atoms with E-state index in [0.29, 0.717) is 19.3 Å². The van der Waals surface area contributed by atoms with Crippen LogP contribution in [-0.2, 0) is 43.2 Å². The number of carbonyl (C=O) groups excluding carboxylic acids is 5. The van der Waals surface area contributed by atoms with Crippen LogP contribution in [-0.4, -0.2) is 128 Å². The Kier molecular flexibility index (Phi) is 16.8. The maximum atomic E-state index is 13.7. The van der Waals surface area contributed by atoms with Crippen molar-refractivity contribution in [1.29, 1.82) is 0 Å². The Morgan fingerprint density at radius 1 is 0.745 bits per heavy atom. The lowest BCUT2D eigenvalue weighted by Crippen LogP contribution is -2.58. The van der Waals surface area contributed by atoms with E-state index in [1.807, 2.05) is 5.32 Å². The SMILES string of the molecule is C[C@H](NC(=O)[C@@H]1CCCN1C(=O)[C@H](CCCCN)NC(=O)[C@H](CCC(=O)O)NC(=O)[C@@H](N)CC(=O)O)C(=O)N[C@@H](CC(=O)O)C(=O)O. The quantitative estimate of drug-likeness (QED) is 0.0524. The van der Waals surface area contributed by atoms with Gasteiger partial charge in [-0.15, -0.1) is 0 Å². The van der Waals surface area contributed by atoms with E-state index in [2.05, 4.69) is 16.0 Å². The third kappa shape index (κ3) is 14.0. The number of unbranched alkanes of at least 4 members (excludes halogenated alkanes) is 1. The van der Waals surface area contributed by atoms with Gasteiger partial charge in [0, 0.05) is 13.0 Å². The van der Waals surface area contributed by atoms with Crippen molar-refractivity contribution in [3.8, 4) is 0 Å². The van der Waals surface area contributed by atoms with Crippen molar-refractivity contribution in [3.05, 3.63) is 0 Å². The molecule has 1 aliphatic rings. The molecule has 1 fully saturated rings. The molecule has 0 aromatic rings. The van der Waals surface area contributed by atoms with Crippen LogP contribution in [0.3, 0.4) is 0 Å². The van der Waals surface area contributed by atoms with Gasteiger partial charge in [-0.25, -0.2) is 4.79 Å². The lowest BCUT2D eigenvalue weighted by atomic mass is 10.0. The number of carboxylic acid groups (broad SMARTS) is 4. The predicted molar refractivity (Wildman–Crippen MR) is 158 cm³/mol. The number of rotatable bonds is 21. The summed E-state index contributed by atoms with van der Waals surface area (Å²) in [6.45, 7) is 1.58. The molecule has 264 valence electrons. The van der Waals surface area contributed by atoms with E-state index in [9.17, 15) is 43.2 Å². The molecule has 1 rings (SSSR count). The monoisotopic (exact) mass is 673 g/mol. The lowest BCUT2D eigenvalue weighted by molar-refractivity contribution is -0.147. The van der Waals surface area contributed by atoms with Crippen LogP contribution in [0.15, 0.2) is 0 Å². The Morgan fingerprint density at radius 2 is 1.34 bits per heavy atom. The zero-order chi connectivity index (χ0) is 35.8. The highest BCUT2D eigenvalue weighted by molar-refractivity contribution is 5.97. The van der Waals surface area contributed by atoms with E-state index in [1.54, 1.807) is 0 Å². The molecule has 0 saturated carbocycles. The van der Waals surface area contributed by atoms with Crippen molar-refractivity contribution < 1.29 is 63.6 Å². The fourth-order valence-electron chi connectivity index (χ4n) is 4.67. The number of amides is 5. The topological polar surface area (TPSA) is 338 Å². The van der Waals surface area contributed by atoms with Crippen molar-refractivity contribution in [3.63, 3.8) is 0 Å². The van der Waals surface area contributed by atoms with Crippen molar-refractivity contribution in [2.24, 2.45) is 11.5 Å². The molecule has 0 bridgehead atoms. The first-order valence-corrected chi connectivity index (χ1v) is 14.8. The molecule has 5 amide bonds. The van der Waals surface area contributed by atoms with Gasteiger partial charge in [-0.2, -0.15) is 0 Å². The van der Waals surface area contributed by atoms with Gasteiger partial charge in [0.05, 0.1) is 18.9 Å². The summed E-state index contributed by atoms with van der Waals surface area (Å²) < 4.78 is 0. The van der Waals surface area contributed by atoms with E-state index in [0.717, 1.165) is 0 Å². The second-order valence-electron chi connectivity index (χ2n) is 11.0. The first kappa shape index (κ1) is 40.2. The van der Waals surface area contributed by atoms with Gasteiger partial charge in [-0.05, 0) is 52.0 Å².